The van der Waals surface area contributed by atoms with E-state index in [1.165, 1.54) is 0 Å². The quantitative estimate of drug-likeness (QED) is 0.623. The van der Waals surface area contributed by atoms with Gasteiger partial charge in [0, 0.05) is 43.9 Å². The summed E-state index contributed by atoms with van der Waals surface area (Å²) in [6.45, 7) is 8.84. The van der Waals surface area contributed by atoms with Gasteiger partial charge in [0.15, 0.2) is 0 Å². The number of hydrogen-bond donors (Lipinski definition) is 0. The van der Waals surface area contributed by atoms with Crippen molar-refractivity contribution in [1.82, 2.24) is 9.80 Å². The van der Waals surface area contributed by atoms with E-state index >= 15 is 0 Å². The standard InChI is InChI=1S/C25H32N2O3/c1-20(23-11-7-8-12-24(23)29-3)17-25(28)27(19-22-9-5-4-6-10-22)21(2)18-26-13-15-30-16-14-26/h4-12,17,21H,13-16,18-19H2,1-3H3/b20-17+. The first-order valence-electron chi connectivity index (χ1n) is 10.5. The summed E-state index contributed by atoms with van der Waals surface area (Å²) in [5, 5.41) is 0. The van der Waals surface area contributed by atoms with Crippen LogP contribution in [0, 0.1) is 0 Å². The van der Waals surface area contributed by atoms with E-state index in [9.17, 15) is 4.79 Å². The second kappa shape index (κ2) is 11.0. The van der Waals surface area contributed by atoms with E-state index in [0.29, 0.717) is 6.54 Å². The molecule has 1 aliphatic rings. The molecule has 0 aromatic heterocycles. The first-order chi connectivity index (χ1) is 14.6. The molecule has 5 nitrogen and oxygen atoms in total. The summed E-state index contributed by atoms with van der Waals surface area (Å²) in [6.07, 6.45) is 1.73. The Bertz CT molecular complexity index is 844. The van der Waals surface area contributed by atoms with Crippen molar-refractivity contribution in [2.75, 3.05) is 40.0 Å². The van der Waals surface area contributed by atoms with Crippen LogP contribution < -0.4 is 4.74 Å². The van der Waals surface area contributed by atoms with Crippen LogP contribution in [0.5, 0.6) is 5.75 Å². The zero-order chi connectivity index (χ0) is 21.3. The van der Waals surface area contributed by atoms with Crippen molar-refractivity contribution in [2.45, 2.75) is 26.4 Å². The number of nitrogens with zero attached hydrogens (tertiary/aromatic N) is 2. The van der Waals surface area contributed by atoms with Gasteiger partial charge >= 0.3 is 0 Å². The molecule has 30 heavy (non-hydrogen) atoms. The van der Waals surface area contributed by atoms with Crippen LogP contribution in [0.1, 0.15) is 25.0 Å². The molecule has 1 aliphatic heterocycles. The summed E-state index contributed by atoms with van der Waals surface area (Å²) in [5.74, 6) is 0.790. The molecule has 0 aliphatic carbocycles. The Morgan fingerprint density at radius 1 is 1.13 bits per heavy atom. The molecule has 0 saturated carbocycles. The Kier molecular flexibility index (Phi) is 8.05. The van der Waals surface area contributed by atoms with Crippen molar-refractivity contribution < 1.29 is 14.3 Å². The molecular weight excluding hydrogens is 376 g/mol. The van der Waals surface area contributed by atoms with E-state index in [-0.39, 0.29) is 11.9 Å². The number of allylic oxidation sites excluding steroid dienone is 1. The zero-order valence-electron chi connectivity index (χ0n) is 18.2. The van der Waals surface area contributed by atoms with Gasteiger partial charge in [-0.3, -0.25) is 9.69 Å². The topological polar surface area (TPSA) is 42.0 Å². The summed E-state index contributed by atoms with van der Waals surface area (Å²) < 4.78 is 10.9. The fourth-order valence-electron chi connectivity index (χ4n) is 3.80. The molecule has 1 amide bonds. The Labute approximate surface area is 179 Å². The average molecular weight is 409 g/mol. The predicted molar refractivity (Wildman–Crippen MR) is 120 cm³/mol. The number of carbonyl (C=O) groups is 1. The molecule has 0 bridgehead atoms. The number of morpholine rings is 1. The Morgan fingerprint density at radius 2 is 1.80 bits per heavy atom. The molecular formula is C25H32N2O3. The molecule has 160 valence electrons. The SMILES string of the molecule is COc1ccccc1/C(C)=C/C(=O)N(Cc1ccccc1)C(C)CN1CCOCC1. The number of ether oxygens (including phenoxy) is 2. The molecule has 5 heteroatoms. The number of methoxy groups -OCH3 is 1. The molecule has 0 spiro atoms. The third kappa shape index (κ3) is 5.94. The van der Waals surface area contributed by atoms with Crippen molar-refractivity contribution in [2.24, 2.45) is 0 Å². The minimum atomic E-state index is 0.0167. The van der Waals surface area contributed by atoms with Crippen LogP contribution in [0.25, 0.3) is 5.57 Å². The highest BCUT2D eigenvalue weighted by Crippen LogP contribution is 2.25. The van der Waals surface area contributed by atoms with Crippen molar-refractivity contribution in [3.05, 3.63) is 71.8 Å². The van der Waals surface area contributed by atoms with Gasteiger partial charge < -0.3 is 14.4 Å². The van der Waals surface area contributed by atoms with Crippen LogP contribution >= 0.6 is 0 Å². The Balaban J connectivity index is 1.81. The maximum absolute atomic E-state index is 13.4. The van der Waals surface area contributed by atoms with Crippen molar-refractivity contribution in [1.29, 1.82) is 0 Å². The lowest BCUT2D eigenvalue weighted by Gasteiger charge is -2.35. The van der Waals surface area contributed by atoms with Crippen molar-refractivity contribution in [3.63, 3.8) is 0 Å². The Hall–Kier alpha value is -2.63. The first kappa shape index (κ1) is 22.1. The number of rotatable bonds is 8. The number of hydrogen-bond acceptors (Lipinski definition) is 4. The van der Waals surface area contributed by atoms with Crippen LogP contribution in [-0.2, 0) is 16.1 Å². The largest absolute Gasteiger partial charge is 0.496 e. The van der Waals surface area contributed by atoms with E-state index in [0.717, 1.165) is 55.3 Å². The normalized spacial score (nSPS) is 16.2. The van der Waals surface area contributed by atoms with Crippen molar-refractivity contribution >= 4 is 11.5 Å². The molecule has 2 aromatic carbocycles. The van der Waals surface area contributed by atoms with Gasteiger partial charge in [0.2, 0.25) is 5.91 Å². The summed E-state index contributed by atoms with van der Waals surface area (Å²) in [5.41, 5.74) is 2.96. The summed E-state index contributed by atoms with van der Waals surface area (Å²) >= 11 is 0. The lowest BCUT2D eigenvalue weighted by Crippen LogP contribution is -2.47. The molecule has 1 heterocycles. The van der Waals surface area contributed by atoms with E-state index in [2.05, 4.69) is 24.0 Å². The summed E-state index contributed by atoms with van der Waals surface area (Å²) in [4.78, 5) is 17.7. The molecule has 1 saturated heterocycles. The monoisotopic (exact) mass is 408 g/mol. The third-order valence-corrected chi connectivity index (χ3v) is 5.51. The second-order valence-electron chi connectivity index (χ2n) is 7.74. The van der Waals surface area contributed by atoms with E-state index in [1.807, 2.05) is 54.3 Å². The second-order valence-corrected chi connectivity index (χ2v) is 7.74. The number of benzene rings is 2. The van der Waals surface area contributed by atoms with E-state index in [4.69, 9.17) is 9.47 Å². The van der Waals surface area contributed by atoms with Gasteiger partial charge in [-0.15, -0.1) is 0 Å². The fraction of sp³-hybridized carbons (Fsp3) is 0.400. The minimum Gasteiger partial charge on any atom is -0.496 e. The number of amides is 1. The van der Waals surface area contributed by atoms with Crippen molar-refractivity contribution in [3.8, 4) is 5.75 Å². The van der Waals surface area contributed by atoms with Crippen LogP contribution in [0.3, 0.4) is 0 Å². The Morgan fingerprint density at radius 3 is 2.50 bits per heavy atom. The highest BCUT2D eigenvalue weighted by Gasteiger charge is 2.23. The molecule has 0 radical (unpaired) electrons. The van der Waals surface area contributed by atoms with Crippen LogP contribution in [0.4, 0.5) is 0 Å². The van der Waals surface area contributed by atoms with E-state index in [1.54, 1.807) is 13.2 Å². The fourth-order valence-corrected chi connectivity index (χ4v) is 3.80. The average Bonchev–Trinajstić information content (AvgIpc) is 2.78. The van der Waals surface area contributed by atoms with Crippen LogP contribution in [-0.4, -0.2) is 61.7 Å². The van der Waals surface area contributed by atoms with Gasteiger partial charge in [-0.2, -0.15) is 0 Å². The molecule has 0 N–H and O–H groups in total. The molecule has 1 atom stereocenters. The lowest BCUT2D eigenvalue weighted by molar-refractivity contribution is -0.129. The summed E-state index contributed by atoms with van der Waals surface area (Å²) in [7, 11) is 1.65. The van der Waals surface area contributed by atoms with Gasteiger partial charge in [-0.25, -0.2) is 0 Å². The van der Waals surface area contributed by atoms with E-state index < -0.39 is 0 Å². The van der Waals surface area contributed by atoms with Gasteiger partial charge in [-0.05, 0) is 31.1 Å². The minimum absolute atomic E-state index is 0.0167. The molecule has 3 rings (SSSR count). The molecule has 2 aromatic rings. The molecule has 1 fully saturated rings. The van der Waals surface area contributed by atoms with Gasteiger partial charge in [0.25, 0.3) is 0 Å². The maximum atomic E-state index is 13.4. The maximum Gasteiger partial charge on any atom is 0.247 e. The zero-order valence-corrected chi connectivity index (χ0v) is 18.2. The third-order valence-electron chi connectivity index (χ3n) is 5.51. The van der Waals surface area contributed by atoms with Gasteiger partial charge in [0.1, 0.15) is 5.75 Å². The smallest absolute Gasteiger partial charge is 0.247 e. The predicted octanol–water partition coefficient (Wildman–Crippen LogP) is 3.85. The summed E-state index contributed by atoms with van der Waals surface area (Å²) in [6, 6.07) is 18.0. The molecule has 1 unspecified atom stereocenters. The highest BCUT2D eigenvalue weighted by molar-refractivity contribution is 5.95. The lowest BCUT2D eigenvalue weighted by atomic mass is 10.1. The van der Waals surface area contributed by atoms with Gasteiger partial charge in [0.05, 0.1) is 20.3 Å². The number of carbonyl (C=O) groups excluding carboxylic acids is 1. The number of para-hydroxylation sites is 1. The van der Waals surface area contributed by atoms with Crippen LogP contribution in [0.2, 0.25) is 0 Å². The highest BCUT2D eigenvalue weighted by atomic mass is 16.5. The first-order valence-corrected chi connectivity index (χ1v) is 10.5. The van der Waals surface area contributed by atoms with Crippen LogP contribution in [0.15, 0.2) is 60.7 Å². The van der Waals surface area contributed by atoms with Gasteiger partial charge in [-0.1, -0.05) is 48.5 Å².